The van der Waals surface area contributed by atoms with Crippen LogP contribution in [0.15, 0.2) is 0 Å². The van der Waals surface area contributed by atoms with Gasteiger partial charge in [0.15, 0.2) is 0 Å². The predicted molar refractivity (Wildman–Crippen MR) is 26.2 cm³/mol. The molecule has 0 bridgehead atoms. The van der Waals surface area contributed by atoms with E-state index in [2.05, 4.69) is 0 Å². The minimum Gasteiger partial charge on any atom is 0 e. The Morgan fingerprint density at radius 1 is 1.50 bits per heavy atom. The normalized spacial score (nSPS) is 2.00. The molecule has 0 spiro atoms. The summed E-state index contributed by atoms with van der Waals surface area (Å²) in [6.45, 7) is -0.250. The molecule has 0 saturated heterocycles. The Morgan fingerprint density at radius 3 is 1.50 bits per heavy atom. The smallest absolute Gasteiger partial charge is 0 e. The number of carbonyl (C=O) groups is 1. The average molecular weight is 326 g/mol. The summed E-state index contributed by atoms with van der Waals surface area (Å²) in [5, 5.41) is 6.89. The molecule has 0 aromatic rings. The van der Waals surface area contributed by atoms with Gasteiger partial charge in [-0.05, 0) is 0 Å². The molecule has 0 unspecified atom stereocenters. The molecule has 0 radical (unpaired) electrons. The van der Waals surface area contributed by atoms with Crippen LogP contribution in [0.5, 0.6) is 0 Å². The summed E-state index contributed by atoms with van der Waals surface area (Å²) >= 11 is 0. The van der Waals surface area contributed by atoms with Gasteiger partial charge in [0.25, 0.3) is 6.47 Å². The first kappa shape index (κ1) is 23.4. The van der Waals surface area contributed by atoms with Crippen molar-refractivity contribution in [3.05, 3.63) is 0 Å². The van der Waals surface area contributed by atoms with E-state index in [1.807, 2.05) is 0 Å². The Labute approximate surface area is 118 Å². The van der Waals surface area contributed by atoms with Crippen LogP contribution in [0.2, 0.25) is 0 Å². The quantitative estimate of drug-likeness (QED) is 0.487. The fraction of sp³-hybridized carbons (Fsp3) is 0. The van der Waals surface area contributed by atoms with Gasteiger partial charge in [0.1, 0.15) is 0 Å². The molecule has 0 atom stereocenters. The van der Waals surface area contributed by atoms with Crippen molar-refractivity contribution in [2.24, 2.45) is 0 Å². The molecule has 0 amide bonds. The zero-order valence-electron chi connectivity index (χ0n) is 2.55. The minimum atomic E-state index is -0.250. The zero-order valence-corrected chi connectivity index (χ0v) is 7.23. The van der Waals surface area contributed by atoms with E-state index in [9.17, 15) is 0 Å². The molecule has 0 aromatic carbocycles. The van der Waals surface area contributed by atoms with Crippen LogP contribution in [0.3, 0.4) is 0 Å². The molecule has 0 saturated carbocycles. The molecule has 0 aliphatic heterocycles. The third-order valence-electron chi connectivity index (χ3n) is 0. The van der Waals surface area contributed by atoms with Gasteiger partial charge >= 0.3 is 68.9 Å². The molecule has 6 heavy (non-hydrogen) atoms. The summed E-state index contributed by atoms with van der Waals surface area (Å²) < 4.78 is 0. The topological polar surface area (TPSA) is 37.3 Å². The van der Waals surface area contributed by atoms with Crippen molar-refractivity contribution in [2.45, 2.75) is 0 Å². The number of hydrogen-bond acceptors (Lipinski definition) is 1. The van der Waals surface area contributed by atoms with Gasteiger partial charge in [-0.1, -0.05) is 0 Å². The predicted octanol–water partition coefficient (Wildman–Crippen LogP) is -0.372. The maximum absolute atomic E-state index is 8.36. The first-order valence-electron chi connectivity index (χ1n) is 0.494. The van der Waals surface area contributed by atoms with Crippen molar-refractivity contribution in [3.8, 4) is 0 Å². The monoisotopic (exact) mass is 324 g/mol. The van der Waals surface area contributed by atoms with Gasteiger partial charge in [-0.2, -0.15) is 0 Å². The van der Waals surface area contributed by atoms with E-state index in [0.717, 1.165) is 0 Å². The second-order valence-electron chi connectivity index (χ2n) is 0.105. The molecule has 30 valence electrons. The van der Waals surface area contributed by atoms with Gasteiger partial charge in [0.05, 0.1) is 0 Å². The van der Waals surface area contributed by atoms with Crippen LogP contribution in [0, 0.1) is 0 Å². The summed E-state index contributed by atoms with van der Waals surface area (Å²) in [7, 11) is 0. The summed E-state index contributed by atoms with van der Waals surface area (Å²) in [6.07, 6.45) is 0. The third-order valence-corrected chi connectivity index (χ3v) is 0. The number of hydrogen-bond donors (Lipinski definition) is 1. The van der Waals surface area contributed by atoms with Gasteiger partial charge in [0.2, 0.25) is 0 Å². The number of rotatable bonds is 0. The maximum atomic E-state index is 8.36. The second-order valence-corrected chi connectivity index (χ2v) is 0.105. The van der Waals surface area contributed by atoms with E-state index >= 15 is 0 Å². The fourth-order valence-corrected chi connectivity index (χ4v) is 0. The zero-order chi connectivity index (χ0) is 2.71. The molecule has 0 fully saturated rings. The molecular weight excluding hydrogens is 322 g/mol. The van der Waals surface area contributed by atoms with Gasteiger partial charge in [0, 0.05) is 19.5 Å². The van der Waals surface area contributed by atoms with E-state index in [4.69, 9.17) is 9.90 Å². The molecule has 0 aliphatic carbocycles. The van der Waals surface area contributed by atoms with Gasteiger partial charge in [-0.15, -0.1) is 17.0 Å². The average Bonchev–Trinajstić information content (AvgIpc) is 0.918. The van der Waals surface area contributed by atoms with E-state index < -0.39 is 0 Å². The van der Waals surface area contributed by atoms with Crippen molar-refractivity contribution >= 4 is 92.3 Å². The molecule has 0 rings (SSSR count). The van der Waals surface area contributed by atoms with Crippen LogP contribution >= 0.6 is 17.0 Å². The fourth-order valence-electron chi connectivity index (χ4n) is 0. The van der Waals surface area contributed by atoms with E-state index in [-0.39, 0.29) is 112 Å². The Kier molecular flexibility index (Phi) is 99.5. The number of halogens is 1. The van der Waals surface area contributed by atoms with Crippen molar-refractivity contribution in [1.82, 2.24) is 0 Å². The van der Waals surface area contributed by atoms with Crippen LogP contribution in [0.25, 0.3) is 0 Å². The van der Waals surface area contributed by atoms with Crippen LogP contribution in [0.4, 0.5) is 0 Å². The number of carboxylic acid groups (broad SMARTS) is 1. The largest absolute Gasteiger partial charge is 0 e. The van der Waals surface area contributed by atoms with Crippen LogP contribution in [-0.2, 0) is 24.3 Å². The van der Waals surface area contributed by atoms with Crippen molar-refractivity contribution in [1.29, 1.82) is 0 Å². The summed E-state index contributed by atoms with van der Waals surface area (Å²) in [6, 6.07) is 0. The van der Waals surface area contributed by atoms with Crippen LogP contribution in [0.1, 0.15) is 0 Å². The standard InChI is InChI=1S/CH2O2.BrH.Cs.Zn.H/c2-1-3;;;;/h1H,(H,2,3);1H;;;. The summed E-state index contributed by atoms with van der Waals surface area (Å²) in [5.74, 6) is 0. The van der Waals surface area contributed by atoms with Crippen molar-refractivity contribution < 1.29 is 29.4 Å². The van der Waals surface area contributed by atoms with Gasteiger partial charge in [-0.3, -0.25) is 4.79 Å². The Hall–Kier alpha value is 2.63. The molecule has 0 aromatic heterocycles. The molecule has 0 aliphatic rings. The summed E-state index contributed by atoms with van der Waals surface area (Å²) in [5.41, 5.74) is 0. The van der Waals surface area contributed by atoms with Crippen molar-refractivity contribution in [2.75, 3.05) is 0 Å². The van der Waals surface area contributed by atoms with Gasteiger partial charge in [-0.25, -0.2) is 0 Å². The van der Waals surface area contributed by atoms with E-state index in [1.165, 1.54) is 0 Å². The molecule has 1 N–H and O–H groups in total. The summed E-state index contributed by atoms with van der Waals surface area (Å²) in [4.78, 5) is 8.36. The van der Waals surface area contributed by atoms with Crippen LogP contribution < -0.4 is 0 Å². The van der Waals surface area contributed by atoms with E-state index in [1.54, 1.807) is 0 Å². The van der Waals surface area contributed by atoms with E-state index in [0.29, 0.717) is 0 Å². The molecule has 5 heteroatoms. The third kappa shape index (κ3) is 30.4. The van der Waals surface area contributed by atoms with Gasteiger partial charge < -0.3 is 5.11 Å². The maximum Gasteiger partial charge on any atom is 0 e. The SMILES string of the molecule is Br.O=CO.[CsH].[Zn]. The first-order valence-corrected chi connectivity index (χ1v) is 0.494. The van der Waals surface area contributed by atoms with Crippen LogP contribution in [-0.4, -0.2) is 80.5 Å². The Morgan fingerprint density at radius 2 is 1.50 bits per heavy atom. The Bertz CT molecular complexity index is 21.0. The van der Waals surface area contributed by atoms with Crippen molar-refractivity contribution in [3.63, 3.8) is 0 Å². The second kappa shape index (κ2) is 25.5. The molecular formula is CH4BrCsO2Zn. The minimum absolute atomic E-state index is 0. The first-order chi connectivity index (χ1) is 1.41. The molecule has 2 nitrogen and oxygen atoms in total. The Balaban J connectivity index is -0.00000000667. The molecule has 0 heterocycles.